The minimum atomic E-state index is 0.0808. The van der Waals surface area contributed by atoms with Gasteiger partial charge >= 0.3 is 0 Å². The third-order valence-corrected chi connectivity index (χ3v) is 4.38. The minimum absolute atomic E-state index is 0.0808. The molecule has 3 N–H and O–H groups in total. The van der Waals surface area contributed by atoms with E-state index in [1.807, 2.05) is 38.1 Å². The van der Waals surface area contributed by atoms with Crippen LogP contribution in [0.1, 0.15) is 44.2 Å². The average Bonchev–Trinajstić information content (AvgIpc) is 2.63. The number of aromatic nitrogens is 1. The van der Waals surface area contributed by atoms with Gasteiger partial charge < -0.3 is 15.4 Å². The summed E-state index contributed by atoms with van der Waals surface area (Å²) in [5, 5.41) is 8.62. The number of ether oxygens (including phenoxy) is 1. The van der Waals surface area contributed by atoms with Crippen LogP contribution in [-0.4, -0.2) is 29.9 Å². The number of benzene rings is 1. The molecule has 1 aromatic carbocycles. The van der Waals surface area contributed by atoms with E-state index in [1.54, 1.807) is 12.3 Å². The fraction of sp³-hybridized carbons (Fsp3) is 0.400. The first-order valence-corrected chi connectivity index (χ1v) is 8.91. The van der Waals surface area contributed by atoms with E-state index < -0.39 is 0 Å². The highest BCUT2D eigenvalue weighted by atomic mass is 16.5. The molecule has 3 rings (SSSR count). The predicted molar refractivity (Wildman–Crippen MR) is 103 cm³/mol. The molecule has 0 atom stereocenters. The van der Waals surface area contributed by atoms with Gasteiger partial charge in [0.15, 0.2) is 0 Å². The van der Waals surface area contributed by atoms with Crippen molar-refractivity contribution < 1.29 is 4.74 Å². The Labute approximate surface area is 149 Å². The fourth-order valence-corrected chi connectivity index (χ4v) is 3.12. The van der Waals surface area contributed by atoms with E-state index in [0.717, 1.165) is 30.2 Å². The minimum Gasteiger partial charge on any atom is -0.491 e. The first-order valence-electron chi connectivity index (χ1n) is 8.91. The third-order valence-electron chi connectivity index (χ3n) is 4.38. The van der Waals surface area contributed by atoms with Crippen LogP contribution in [0.2, 0.25) is 0 Å². The van der Waals surface area contributed by atoms with Crippen LogP contribution in [-0.2, 0) is 0 Å². The maximum absolute atomic E-state index is 8.62. The maximum atomic E-state index is 8.62. The fourth-order valence-electron chi connectivity index (χ4n) is 3.12. The van der Waals surface area contributed by atoms with Gasteiger partial charge in [-0.2, -0.15) is 0 Å². The van der Waals surface area contributed by atoms with Crippen molar-refractivity contribution in [3.63, 3.8) is 0 Å². The summed E-state index contributed by atoms with van der Waals surface area (Å²) in [6.45, 7) is 6.03. The van der Waals surface area contributed by atoms with Gasteiger partial charge in [0, 0.05) is 36.1 Å². The van der Waals surface area contributed by atoms with Crippen molar-refractivity contribution in [2.45, 2.75) is 39.2 Å². The van der Waals surface area contributed by atoms with Crippen molar-refractivity contribution >= 4 is 17.2 Å². The van der Waals surface area contributed by atoms with Crippen molar-refractivity contribution in [1.29, 1.82) is 5.41 Å². The number of hydrogen-bond acceptors (Lipinski definition) is 5. The standard InChI is InChI=1S/C20H26N4O/c1-14(2)25-16-6-7-18(21)17(13-16)20(22)15-8-9-23-19(12-15)24-10-4-3-5-11-24/h6-9,12-14,22H,3-5,10-11,21H2,1-2H3. The lowest BCUT2D eigenvalue weighted by Crippen LogP contribution is -2.30. The molecule has 2 heterocycles. The Hall–Kier alpha value is -2.56. The van der Waals surface area contributed by atoms with Crippen LogP contribution in [0, 0.1) is 5.41 Å². The normalized spacial score (nSPS) is 14.6. The summed E-state index contributed by atoms with van der Waals surface area (Å²) in [6.07, 6.45) is 5.54. The molecular weight excluding hydrogens is 312 g/mol. The zero-order valence-corrected chi connectivity index (χ0v) is 15.0. The molecule has 2 aromatic rings. The second kappa shape index (κ2) is 7.55. The molecule has 0 radical (unpaired) electrons. The van der Waals surface area contributed by atoms with Crippen LogP contribution in [0.25, 0.3) is 0 Å². The van der Waals surface area contributed by atoms with Crippen LogP contribution in [0.4, 0.5) is 11.5 Å². The molecule has 0 spiro atoms. The molecule has 5 nitrogen and oxygen atoms in total. The van der Waals surface area contributed by atoms with Crippen LogP contribution in [0.3, 0.4) is 0 Å². The van der Waals surface area contributed by atoms with Gasteiger partial charge in [-0.05, 0) is 63.4 Å². The van der Waals surface area contributed by atoms with Crippen molar-refractivity contribution in [2.24, 2.45) is 0 Å². The molecule has 1 aliphatic heterocycles. The van der Waals surface area contributed by atoms with E-state index in [0.29, 0.717) is 17.0 Å². The van der Waals surface area contributed by atoms with Crippen LogP contribution >= 0.6 is 0 Å². The highest BCUT2D eigenvalue weighted by Crippen LogP contribution is 2.25. The highest BCUT2D eigenvalue weighted by molar-refractivity contribution is 6.14. The van der Waals surface area contributed by atoms with Crippen molar-refractivity contribution in [1.82, 2.24) is 4.98 Å². The Bertz CT molecular complexity index is 751. The van der Waals surface area contributed by atoms with Gasteiger partial charge in [0.05, 0.1) is 11.8 Å². The predicted octanol–water partition coefficient (Wildman–Crippen LogP) is 3.86. The van der Waals surface area contributed by atoms with Gasteiger partial charge in [-0.25, -0.2) is 4.98 Å². The second-order valence-electron chi connectivity index (χ2n) is 6.74. The summed E-state index contributed by atoms with van der Waals surface area (Å²) < 4.78 is 5.74. The zero-order chi connectivity index (χ0) is 17.8. The molecule has 0 saturated carbocycles. The first-order chi connectivity index (χ1) is 12.0. The molecular formula is C20H26N4O. The molecule has 1 aliphatic rings. The summed E-state index contributed by atoms with van der Waals surface area (Å²) in [6, 6.07) is 9.35. The van der Waals surface area contributed by atoms with E-state index in [9.17, 15) is 0 Å². The summed E-state index contributed by atoms with van der Waals surface area (Å²) in [7, 11) is 0. The lowest BCUT2D eigenvalue weighted by atomic mass is 10.0. The Balaban J connectivity index is 1.87. The van der Waals surface area contributed by atoms with Gasteiger partial charge in [-0.3, -0.25) is 5.41 Å². The topological polar surface area (TPSA) is 75.2 Å². The molecule has 25 heavy (non-hydrogen) atoms. The number of rotatable bonds is 5. The number of piperidine rings is 1. The van der Waals surface area contributed by atoms with Crippen LogP contribution in [0.15, 0.2) is 36.5 Å². The number of nitrogens with two attached hydrogens (primary N) is 1. The summed E-state index contributed by atoms with van der Waals surface area (Å²) >= 11 is 0. The molecule has 1 saturated heterocycles. The summed E-state index contributed by atoms with van der Waals surface area (Å²) in [4.78, 5) is 6.79. The largest absolute Gasteiger partial charge is 0.491 e. The van der Waals surface area contributed by atoms with Crippen LogP contribution < -0.4 is 15.4 Å². The van der Waals surface area contributed by atoms with Crippen molar-refractivity contribution in [3.05, 3.63) is 47.7 Å². The molecule has 132 valence electrons. The first kappa shape index (κ1) is 17.3. The average molecular weight is 338 g/mol. The quantitative estimate of drug-likeness (QED) is 0.641. The Morgan fingerprint density at radius 3 is 2.64 bits per heavy atom. The third kappa shape index (κ3) is 4.10. The maximum Gasteiger partial charge on any atom is 0.129 e. The number of nitrogens with one attached hydrogen (secondary N) is 1. The van der Waals surface area contributed by atoms with E-state index in [1.165, 1.54) is 19.3 Å². The molecule has 0 unspecified atom stereocenters. The van der Waals surface area contributed by atoms with Gasteiger partial charge in [-0.1, -0.05) is 0 Å². The number of hydrogen-bond donors (Lipinski definition) is 2. The van der Waals surface area contributed by atoms with E-state index in [4.69, 9.17) is 15.9 Å². The zero-order valence-electron chi connectivity index (χ0n) is 15.0. The highest BCUT2D eigenvalue weighted by Gasteiger charge is 2.15. The SMILES string of the molecule is CC(C)Oc1ccc(N)c(C(=N)c2ccnc(N3CCCCC3)c2)c1. The number of pyridine rings is 1. The molecule has 0 amide bonds. The summed E-state index contributed by atoms with van der Waals surface area (Å²) in [5.74, 6) is 1.67. The number of nitrogens with zero attached hydrogens (tertiary/aromatic N) is 2. The van der Waals surface area contributed by atoms with Crippen molar-refractivity contribution in [2.75, 3.05) is 23.7 Å². The van der Waals surface area contributed by atoms with Gasteiger partial charge in [0.2, 0.25) is 0 Å². The van der Waals surface area contributed by atoms with Gasteiger partial charge in [0.25, 0.3) is 0 Å². The Kier molecular flexibility index (Phi) is 5.22. The van der Waals surface area contributed by atoms with E-state index >= 15 is 0 Å². The second-order valence-corrected chi connectivity index (χ2v) is 6.74. The molecule has 5 heteroatoms. The smallest absolute Gasteiger partial charge is 0.129 e. The van der Waals surface area contributed by atoms with Crippen LogP contribution in [0.5, 0.6) is 5.75 Å². The molecule has 0 bridgehead atoms. The number of anilines is 2. The molecule has 1 fully saturated rings. The molecule has 1 aromatic heterocycles. The lowest BCUT2D eigenvalue weighted by molar-refractivity contribution is 0.242. The van der Waals surface area contributed by atoms with Gasteiger partial charge in [-0.15, -0.1) is 0 Å². The number of nitrogen functional groups attached to an aromatic ring is 1. The monoisotopic (exact) mass is 338 g/mol. The van der Waals surface area contributed by atoms with Gasteiger partial charge in [0.1, 0.15) is 11.6 Å². The Morgan fingerprint density at radius 2 is 1.92 bits per heavy atom. The lowest BCUT2D eigenvalue weighted by Gasteiger charge is -2.28. The van der Waals surface area contributed by atoms with Crippen molar-refractivity contribution in [3.8, 4) is 5.75 Å². The van der Waals surface area contributed by atoms with E-state index in [2.05, 4.69) is 9.88 Å². The van der Waals surface area contributed by atoms with E-state index in [-0.39, 0.29) is 6.10 Å². The molecule has 0 aliphatic carbocycles. The summed E-state index contributed by atoms with van der Waals surface area (Å²) in [5.41, 5.74) is 8.61. The Morgan fingerprint density at radius 1 is 1.16 bits per heavy atom.